The Morgan fingerprint density at radius 2 is 1.41 bits per heavy atom. The predicted molar refractivity (Wildman–Crippen MR) is 224 cm³/mol. The maximum atomic E-state index is 8.98. The molecule has 3 aromatic heterocycles. The zero-order chi connectivity index (χ0) is 40.7. The summed E-state index contributed by atoms with van der Waals surface area (Å²) >= 11 is 0. The number of aromatic nitrogens is 2. The van der Waals surface area contributed by atoms with Crippen molar-refractivity contribution in [2.24, 2.45) is 0 Å². The molecule has 0 spiro atoms. The number of para-hydroxylation sites is 1. The minimum Gasteiger partial charge on any atom is -0.501 e. The van der Waals surface area contributed by atoms with Gasteiger partial charge < -0.3 is 14.4 Å². The Morgan fingerprint density at radius 1 is 0.704 bits per heavy atom. The molecule has 0 unspecified atom stereocenters. The summed E-state index contributed by atoms with van der Waals surface area (Å²) in [5, 5.41) is 5.10. The maximum absolute atomic E-state index is 8.98. The zero-order valence-corrected chi connectivity index (χ0v) is 33.5. The van der Waals surface area contributed by atoms with E-state index >= 15 is 0 Å². The molecule has 3 heterocycles. The molecule has 9 aromatic rings. The van der Waals surface area contributed by atoms with Crippen molar-refractivity contribution in [2.45, 2.75) is 32.9 Å². The third-order valence-electron chi connectivity index (χ3n) is 9.28. The molecule has 267 valence electrons. The van der Waals surface area contributed by atoms with Crippen LogP contribution in [-0.4, -0.2) is 18.0 Å². The van der Waals surface area contributed by atoms with Crippen LogP contribution in [0.25, 0.3) is 66.4 Å². The Labute approximate surface area is 339 Å². The van der Waals surface area contributed by atoms with E-state index in [0.29, 0.717) is 27.9 Å². The average Bonchev–Trinajstić information content (AvgIpc) is 3.63. The first-order chi connectivity index (χ1) is 27.8. The van der Waals surface area contributed by atoms with E-state index in [9.17, 15) is 0 Å². The van der Waals surface area contributed by atoms with E-state index < -0.39 is 21.3 Å². The van der Waals surface area contributed by atoms with E-state index in [0.717, 1.165) is 44.1 Å². The van der Waals surface area contributed by atoms with E-state index in [1.165, 1.54) is 16.3 Å². The van der Waals surface area contributed by atoms with Gasteiger partial charge in [-0.25, -0.2) is 0 Å². The second-order valence-corrected chi connectivity index (χ2v) is 19.0. The number of fused-ring (bicyclic) bond motifs is 4. The van der Waals surface area contributed by atoms with E-state index in [-0.39, 0.29) is 20.1 Å². The molecule has 9 rings (SSSR count). The van der Waals surface area contributed by atoms with Gasteiger partial charge in [0.25, 0.3) is 0 Å². The van der Waals surface area contributed by atoms with Crippen LogP contribution in [0, 0.1) is 19.0 Å². The van der Waals surface area contributed by atoms with Gasteiger partial charge in [0.05, 0.1) is 13.7 Å². The second-order valence-electron chi connectivity index (χ2n) is 14.0. The molecule has 3 nitrogen and oxygen atoms in total. The van der Waals surface area contributed by atoms with Crippen LogP contribution in [0.2, 0.25) is 19.6 Å². The molecule has 0 saturated carbocycles. The van der Waals surface area contributed by atoms with Crippen LogP contribution in [0.15, 0.2) is 162 Å². The molecule has 1 radical (unpaired) electrons. The van der Waals surface area contributed by atoms with Crippen molar-refractivity contribution < 1.29 is 31.4 Å². The molecule has 6 aromatic carbocycles. The molecule has 0 saturated heterocycles. The quantitative estimate of drug-likeness (QED) is 0.123. The van der Waals surface area contributed by atoms with Crippen molar-refractivity contribution in [3.63, 3.8) is 0 Å². The summed E-state index contributed by atoms with van der Waals surface area (Å²) in [4.78, 5) is 9.32. The normalized spacial score (nSPS) is 13.1. The van der Waals surface area contributed by atoms with Crippen LogP contribution in [-0.2, 0) is 26.5 Å². The summed E-state index contributed by atoms with van der Waals surface area (Å²) in [7, 11) is -1.57. The first-order valence-electron chi connectivity index (χ1n) is 20.1. The van der Waals surface area contributed by atoms with Gasteiger partial charge in [-0.05, 0) is 50.9 Å². The molecule has 0 fully saturated rings. The third kappa shape index (κ3) is 7.76. The number of pyridine rings is 2. The Balaban J connectivity index is 0.000000180. The van der Waals surface area contributed by atoms with Crippen molar-refractivity contribution >= 4 is 46.0 Å². The van der Waals surface area contributed by atoms with E-state index in [1.807, 2.05) is 109 Å². The molecule has 0 amide bonds. The van der Waals surface area contributed by atoms with Gasteiger partial charge in [-0.3, -0.25) is 0 Å². The first kappa shape index (κ1) is 31.0. The van der Waals surface area contributed by atoms with E-state index in [1.54, 1.807) is 24.3 Å². The first-order valence-corrected chi connectivity index (χ1v) is 21.1. The molecule has 0 aliphatic rings. The number of hydrogen-bond donors (Lipinski definition) is 0. The predicted octanol–water partition coefficient (Wildman–Crippen LogP) is 12.3. The SMILES string of the molecule is [2H]C([2H])([2H])c1c[c-]c(-c2cc(-c3ccccc3)c([Si](C)(C)C)cn2)cc1.[2H]C([2H])(c1ccccc1)c1c[c-]c(-c2cc3ccccc3cn2)c2oc3ccccc3c12.[Ir]. The topological polar surface area (TPSA) is 38.9 Å². The number of benzene rings is 6. The number of hydrogen-bond acceptors (Lipinski definition) is 3. The van der Waals surface area contributed by atoms with Crippen LogP contribution in [0.3, 0.4) is 0 Å². The van der Waals surface area contributed by atoms with Gasteiger partial charge in [0.2, 0.25) is 0 Å². The summed E-state index contributed by atoms with van der Waals surface area (Å²) in [5.41, 5.74) is 8.21. The van der Waals surface area contributed by atoms with E-state index in [2.05, 4.69) is 66.0 Å². The monoisotopic (exact) mass is 898 g/mol. The van der Waals surface area contributed by atoms with Crippen molar-refractivity contribution in [3.8, 4) is 33.6 Å². The second kappa shape index (κ2) is 15.9. The van der Waals surface area contributed by atoms with Crippen LogP contribution < -0.4 is 5.19 Å². The summed E-state index contributed by atoms with van der Waals surface area (Å²) in [5.74, 6) is 0. The molecular weight excluding hydrogens is 853 g/mol. The van der Waals surface area contributed by atoms with Gasteiger partial charge in [-0.1, -0.05) is 158 Å². The number of aryl methyl sites for hydroxylation is 1. The van der Waals surface area contributed by atoms with Crippen LogP contribution >= 0.6 is 0 Å². The smallest absolute Gasteiger partial charge is 0.120 e. The molecule has 0 bridgehead atoms. The fourth-order valence-electron chi connectivity index (χ4n) is 6.60. The Kier molecular flexibility index (Phi) is 9.10. The number of nitrogens with zero attached hydrogens (tertiary/aromatic N) is 2. The molecule has 0 aliphatic carbocycles. The van der Waals surface area contributed by atoms with Crippen LogP contribution in [0.1, 0.15) is 23.5 Å². The van der Waals surface area contributed by atoms with Crippen LogP contribution in [0.5, 0.6) is 0 Å². The minimum atomic E-state index is -2.11. The minimum absolute atomic E-state index is 0. The molecule has 54 heavy (non-hydrogen) atoms. The van der Waals surface area contributed by atoms with Crippen molar-refractivity contribution in [1.82, 2.24) is 9.97 Å². The van der Waals surface area contributed by atoms with E-state index in [4.69, 9.17) is 11.3 Å². The Hall–Kier alpha value is -5.45. The summed E-state index contributed by atoms with van der Waals surface area (Å²) < 4.78 is 46.7. The van der Waals surface area contributed by atoms with Crippen molar-refractivity contribution in [1.29, 1.82) is 0 Å². The fourth-order valence-corrected chi connectivity index (χ4v) is 8.07. The number of furan rings is 1. The van der Waals surface area contributed by atoms with Gasteiger partial charge in [0.15, 0.2) is 0 Å². The van der Waals surface area contributed by atoms with Crippen LogP contribution in [0.4, 0.5) is 0 Å². The summed E-state index contributed by atoms with van der Waals surface area (Å²) in [6.07, 6.45) is 2.12. The Morgan fingerprint density at radius 3 is 2.15 bits per heavy atom. The molecule has 0 N–H and O–H groups in total. The average molecular weight is 898 g/mol. The molecular formula is C49H40IrN2OSi-2. The zero-order valence-electron chi connectivity index (χ0n) is 35.1. The van der Waals surface area contributed by atoms with Gasteiger partial charge >= 0.3 is 0 Å². The van der Waals surface area contributed by atoms with Crippen molar-refractivity contribution in [3.05, 3.63) is 187 Å². The molecule has 0 atom stereocenters. The van der Waals surface area contributed by atoms with Crippen molar-refractivity contribution in [2.75, 3.05) is 0 Å². The van der Waals surface area contributed by atoms with Gasteiger partial charge in [-0.15, -0.1) is 53.1 Å². The van der Waals surface area contributed by atoms with Gasteiger partial charge in [0, 0.05) is 44.7 Å². The largest absolute Gasteiger partial charge is 0.501 e. The third-order valence-corrected chi connectivity index (χ3v) is 11.3. The molecule has 5 heteroatoms. The summed E-state index contributed by atoms with van der Waals surface area (Å²) in [6, 6.07) is 52.6. The molecule has 0 aliphatic heterocycles. The van der Waals surface area contributed by atoms with Gasteiger partial charge in [0.1, 0.15) is 5.58 Å². The summed E-state index contributed by atoms with van der Waals surface area (Å²) in [6.45, 7) is 4.83. The maximum Gasteiger partial charge on any atom is 0.120 e. The fraction of sp³-hybridized carbons (Fsp3) is 0.102. The Bertz CT molecular complexity index is 2890. The standard InChI is InChI=1S/C28H18NO.C21H22NSi.Ir/c1-2-8-19(9-3-1)16-21-14-15-23(25-17-20-10-4-5-11-22(20)18-29-25)28-27(21)24-12-6-7-13-26(24)30-28;1-16-10-12-18(13-11-16)20-14-19(17-8-6-5-7-9-17)21(15-22-20)23(2,3)4;/h1-14,17-18H,16H2;5-12,14-15H,1-4H3;/q2*-1;/i16D2;1D3;. The number of rotatable bonds is 6. The van der Waals surface area contributed by atoms with Gasteiger partial charge in [-0.2, -0.15) is 0 Å².